The fourth-order valence-corrected chi connectivity index (χ4v) is 4.85. The predicted octanol–water partition coefficient (Wildman–Crippen LogP) is 6.29. The maximum Gasteiger partial charge on any atom is 0.272 e. The van der Waals surface area contributed by atoms with Gasteiger partial charge in [-0.1, -0.05) is 24.3 Å². The number of carbonyl (C=O) groups is 3. The molecule has 0 unspecified atom stereocenters. The summed E-state index contributed by atoms with van der Waals surface area (Å²) in [7, 11) is 0. The van der Waals surface area contributed by atoms with Gasteiger partial charge in [-0.2, -0.15) is 11.3 Å². The molecule has 0 bridgehead atoms. The second-order valence-corrected chi connectivity index (χ2v) is 10.0. The number of anilines is 2. The fraction of sp³-hybridized carbons (Fsp3) is 0.100. The summed E-state index contributed by atoms with van der Waals surface area (Å²) in [5.41, 5.74) is 2.61. The Balaban J connectivity index is 1.38. The van der Waals surface area contributed by atoms with Crippen LogP contribution in [0.3, 0.4) is 0 Å². The second kappa shape index (κ2) is 14.0. The predicted molar refractivity (Wildman–Crippen MR) is 158 cm³/mol. The van der Waals surface area contributed by atoms with E-state index in [2.05, 4.69) is 16.0 Å². The molecule has 3 amide bonds. The van der Waals surface area contributed by atoms with Crippen LogP contribution in [0.1, 0.15) is 22.8 Å². The minimum absolute atomic E-state index is 0.120. The molecule has 0 aliphatic rings. The molecular weight excluding hydrogens is 530 g/mol. The molecule has 1 heterocycles. The average Bonchev–Trinajstić information content (AvgIpc) is 3.47. The van der Waals surface area contributed by atoms with Crippen molar-refractivity contribution in [2.45, 2.75) is 11.8 Å². The van der Waals surface area contributed by atoms with Crippen molar-refractivity contribution in [2.75, 3.05) is 23.0 Å². The Labute approximate surface area is 235 Å². The lowest BCUT2D eigenvalue weighted by atomic mass is 10.2. The minimum Gasteiger partial charge on any atom is -0.494 e. The standard InChI is InChI=1S/C30H27N3O4S2/c1-2-37-25-13-11-23(12-14-25)31-28(34)20-39-26-10-6-9-24(18-26)32-30(36)27(17-21-15-16-38-19-21)33-29(35)22-7-4-3-5-8-22/h3-19H,2,20H2,1H3,(H,31,34)(H,32,36)(H,33,35)/b27-17-. The molecule has 7 nitrogen and oxygen atoms in total. The molecule has 0 saturated heterocycles. The zero-order chi connectivity index (χ0) is 27.5. The number of amides is 3. The molecule has 0 atom stereocenters. The molecular formula is C30H27N3O4S2. The van der Waals surface area contributed by atoms with Crippen molar-refractivity contribution in [3.05, 3.63) is 113 Å². The van der Waals surface area contributed by atoms with E-state index in [1.165, 1.54) is 23.1 Å². The fourth-order valence-electron chi connectivity index (χ4n) is 3.48. The number of hydrogen-bond donors (Lipinski definition) is 3. The Morgan fingerprint density at radius 2 is 1.69 bits per heavy atom. The molecule has 4 rings (SSSR count). The summed E-state index contributed by atoms with van der Waals surface area (Å²) >= 11 is 2.84. The van der Waals surface area contributed by atoms with Crippen LogP contribution in [0.5, 0.6) is 5.75 Å². The van der Waals surface area contributed by atoms with E-state index in [0.29, 0.717) is 23.5 Å². The summed E-state index contributed by atoms with van der Waals surface area (Å²) in [5, 5.41) is 12.2. The van der Waals surface area contributed by atoms with Gasteiger partial charge in [0.1, 0.15) is 11.4 Å². The first kappa shape index (κ1) is 27.7. The molecule has 4 aromatic rings. The summed E-state index contributed by atoms with van der Waals surface area (Å²) in [6, 6.07) is 25.0. The third-order valence-corrected chi connectivity index (χ3v) is 6.99. The van der Waals surface area contributed by atoms with Crippen molar-refractivity contribution in [3.63, 3.8) is 0 Å². The number of nitrogens with one attached hydrogen (secondary N) is 3. The third kappa shape index (κ3) is 8.59. The van der Waals surface area contributed by atoms with Gasteiger partial charge >= 0.3 is 0 Å². The summed E-state index contributed by atoms with van der Waals surface area (Å²) < 4.78 is 5.42. The van der Waals surface area contributed by atoms with Crippen LogP contribution >= 0.6 is 23.1 Å². The molecule has 3 aromatic carbocycles. The van der Waals surface area contributed by atoms with E-state index in [-0.39, 0.29) is 23.3 Å². The van der Waals surface area contributed by atoms with Gasteiger partial charge in [0, 0.05) is 21.8 Å². The van der Waals surface area contributed by atoms with E-state index in [1.54, 1.807) is 60.7 Å². The van der Waals surface area contributed by atoms with Gasteiger partial charge in [-0.25, -0.2) is 0 Å². The smallest absolute Gasteiger partial charge is 0.272 e. The Kier molecular flexibility index (Phi) is 9.93. The number of carbonyl (C=O) groups excluding carboxylic acids is 3. The first-order valence-corrected chi connectivity index (χ1v) is 14.1. The van der Waals surface area contributed by atoms with Crippen LogP contribution in [0.4, 0.5) is 11.4 Å². The monoisotopic (exact) mass is 557 g/mol. The Hall–Kier alpha value is -4.34. The molecule has 39 heavy (non-hydrogen) atoms. The second-order valence-electron chi connectivity index (χ2n) is 8.21. The lowest BCUT2D eigenvalue weighted by Gasteiger charge is -2.12. The van der Waals surface area contributed by atoms with E-state index in [4.69, 9.17) is 4.74 Å². The maximum absolute atomic E-state index is 13.2. The summed E-state index contributed by atoms with van der Waals surface area (Å²) in [4.78, 5) is 39.2. The van der Waals surface area contributed by atoms with Crippen molar-refractivity contribution < 1.29 is 19.1 Å². The molecule has 0 aliphatic carbocycles. The quantitative estimate of drug-likeness (QED) is 0.149. The minimum atomic E-state index is -0.458. The largest absolute Gasteiger partial charge is 0.494 e. The van der Waals surface area contributed by atoms with E-state index in [1.807, 2.05) is 48.0 Å². The van der Waals surface area contributed by atoms with Crippen molar-refractivity contribution in [1.29, 1.82) is 0 Å². The van der Waals surface area contributed by atoms with Crippen LogP contribution in [0, 0.1) is 0 Å². The van der Waals surface area contributed by atoms with E-state index >= 15 is 0 Å². The van der Waals surface area contributed by atoms with Crippen LogP contribution < -0.4 is 20.7 Å². The highest BCUT2D eigenvalue weighted by atomic mass is 32.2. The number of thiophene rings is 1. The number of thioether (sulfide) groups is 1. The van der Waals surface area contributed by atoms with Crippen LogP contribution in [0.25, 0.3) is 6.08 Å². The lowest BCUT2D eigenvalue weighted by Crippen LogP contribution is -2.30. The van der Waals surface area contributed by atoms with Crippen molar-refractivity contribution in [1.82, 2.24) is 5.32 Å². The average molecular weight is 558 g/mol. The third-order valence-electron chi connectivity index (χ3n) is 5.29. The van der Waals surface area contributed by atoms with E-state index < -0.39 is 5.91 Å². The molecule has 0 saturated carbocycles. The first-order valence-electron chi connectivity index (χ1n) is 12.2. The van der Waals surface area contributed by atoms with Crippen molar-refractivity contribution in [3.8, 4) is 5.75 Å². The van der Waals surface area contributed by atoms with Crippen molar-refractivity contribution >= 4 is 58.3 Å². The Bertz CT molecular complexity index is 1440. The zero-order valence-corrected chi connectivity index (χ0v) is 22.8. The molecule has 198 valence electrons. The summed E-state index contributed by atoms with van der Waals surface area (Å²) in [6.07, 6.45) is 1.64. The van der Waals surface area contributed by atoms with E-state index in [9.17, 15) is 14.4 Å². The van der Waals surface area contributed by atoms with E-state index in [0.717, 1.165) is 16.2 Å². The highest BCUT2D eigenvalue weighted by Gasteiger charge is 2.15. The highest BCUT2D eigenvalue weighted by Crippen LogP contribution is 2.23. The molecule has 0 fully saturated rings. The molecule has 9 heteroatoms. The van der Waals surface area contributed by atoms with Gasteiger partial charge in [0.2, 0.25) is 5.91 Å². The Morgan fingerprint density at radius 1 is 0.897 bits per heavy atom. The van der Waals surface area contributed by atoms with Gasteiger partial charge in [-0.05, 0) is 90.0 Å². The van der Waals surface area contributed by atoms with Crippen LogP contribution in [-0.2, 0) is 9.59 Å². The van der Waals surface area contributed by atoms with Gasteiger partial charge in [0.15, 0.2) is 0 Å². The van der Waals surface area contributed by atoms with Gasteiger partial charge in [-0.3, -0.25) is 14.4 Å². The van der Waals surface area contributed by atoms with Gasteiger partial charge in [0.05, 0.1) is 12.4 Å². The zero-order valence-electron chi connectivity index (χ0n) is 21.2. The number of rotatable bonds is 11. The SMILES string of the molecule is CCOc1ccc(NC(=O)CSc2cccc(NC(=O)/C(=C/c3ccsc3)NC(=O)c3ccccc3)c2)cc1. The normalized spacial score (nSPS) is 10.9. The number of ether oxygens (including phenoxy) is 1. The van der Waals surface area contributed by atoms with Gasteiger partial charge in [-0.15, -0.1) is 11.8 Å². The lowest BCUT2D eigenvalue weighted by molar-refractivity contribution is -0.114. The highest BCUT2D eigenvalue weighted by molar-refractivity contribution is 8.00. The molecule has 0 spiro atoms. The molecule has 1 aromatic heterocycles. The number of hydrogen-bond acceptors (Lipinski definition) is 6. The molecule has 0 aliphatic heterocycles. The number of benzene rings is 3. The van der Waals surface area contributed by atoms with Gasteiger partial charge in [0.25, 0.3) is 11.8 Å². The Morgan fingerprint density at radius 3 is 2.41 bits per heavy atom. The van der Waals surface area contributed by atoms with Crippen LogP contribution in [0.15, 0.2) is 106 Å². The molecule has 0 radical (unpaired) electrons. The van der Waals surface area contributed by atoms with Crippen LogP contribution in [-0.4, -0.2) is 30.1 Å². The molecule has 3 N–H and O–H groups in total. The van der Waals surface area contributed by atoms with Crippen molar-refractivity contribution in [2.24, 2.45) is 0 Å². The summed E-state index contributed by atoms with van der Waals surface area (Å²) in [5.74, 6) is -0.0445. The topological polar surface area (TPSA) is 96.5 Å². The first-order chi connectivity index (χ1) is 19.0. The summed E-state index contributed by atoms with van der Waals surface area (Å²) in [6.45, 7) is 2.49. The van der Waals surface area contributed by atoms with Gasteiger partial charge < -0.3 is 20.7 Å². The maximum atomic E-state index is 13.2. The van der Waals surface area contributed by atoms with Crippen LogP contribution in [0.2, 0.25) is 0 Å².